The van der Waals surface area contributed by atoms with Gasteiger partial charge in [-0.05, 0) is 30.8 Å². The standard InChI is InChI=1S/C18H21N2O/c1-19-11-13-20(14-12-19)17-9-5-6-10-18(17)21-15-16-7-3-2-4-8-16/h2-4,6-10H,11-15H2,1H3. The molecule has 0 amide bonds. The molecule has 3 heteroatoms. The molecule has 0 saturated carbocycles. The lowest BCUT2D eigenvalue weighted by Gasteiger charge is -2.34. The number of anilines is 1. The molecule has 2 aromatic rings. The van der Waals surface area contributed by atoms with Crippen molar-refractivity contribution in [1.82, 2.24) is 4.90 Å². The molecule has 3 rings (SSSR count). The van der Waals surface area contributed by atoms with Crippen LogP contribution in [0.15, 0.2) is 48.5 Å². The Morgan fingerprint density at radius 2 is 1.81 bits per heavy atom. The van der Waals surface area contributed by atoms with Gasteiger partial charge in [-0.25, -0.2) is 0 Å². The maximum Gasteiger partial charge on any atom is 0.143 e. The molecule has 1 fully saturated rings. The summed E-state index contributed by atoms with van der Waals surface area (Å²) in [5.41, 5.74) is 2.34. The number of ether oxygens (including phenoxy) is 1. The highest BCUT2D eigenvalue weighted by Gasteiger charge is 2.17. The fourth-order valence-electron chi connectivity index (χ4n) is 2.56. The molecular weight excluding hydrogens is 260 g/mol. The molecule has 1 aliphatic rings. The van der Waals surface area contributed by atoms with E-state index in [1.54, 1.807) is 0 Å². The number of rotatable bonds is 4. The summed E-state index contributed by atoms with van der Waals surface area (Å²) in [5, 5.41) is 0. The molecule has 21 heavy (non-hydrogen) atoms. The Morgan fingerprint density at radius 3 is 2.57 bits per heavy atom. The molecule has 1 saturated heterocycles. The molecule has 0 aliphatic carbocycles. The van der Waals surface area contributed by atoms with Crippen LogP contribution in [0.3, 0.4) is 0 Å². The average molecular weight is 281 g/mol. The molecule has 1 radical (unpaired) electrons. The van der Waals surface area contributed by atoms with E-state index in [0.29, 0.717) is 6.61 Å². The van der Waals surface area contributed by atoms with Gasteiger partial charge in [0.05, 0.1) is 5.69 Å². The summed E-state index contributed by atoms with van der Waals surface area (Å²) >= 11 is 0. The Morgan fingerprint density at radius 1 is 1.05 bits per heavy atom. The van der Waals surface area contributed by atoms with Crippen molar-refractivity contribution in [3.8, 4) is 5.75 Å². The number of hydrogen-bond acceptors (Lipinski definition) is 3. The van der Waals surface area contributed by atoms with Crippen molar-refractivity contribution in [1.29, 1.82) is 0 Å². The van der Waals surface area contributed by atoms with Crippen molar-refractivity contribution in [2.75, 3.05) is 38.1 Å². The lowest BCUT2D eigenvalue weighted by atomic mass is 10.2. The number of likely N-dealkylation sites (N-methyl/N-ethyl adjacent to an activating group) is 1. The van der Waals surface area contributed by atoms with E-state index in [1.165, 1.54) is 5.56 Å². The topological polar surface area (TPSA) is 15.7 Å². The van der Waals surface area contributed by atoms with Gasteiger partial charge in [0.25, 0.3) is 0 Å². The molecular formula is C18H21N2O. The van der Waals surface area contributed by atoms with E-state index in [2.05, 4.69) is 35.0 Å². The van der Waals surface area contributed by atoms with Crippen LogP contribution in [-0.2, 0) is 6.61 Å². The maximum absolute atomic E-state index is 6.03. The van der Waals surface area contributed by atoms with Gasteiger partial charge in [0, 0.05) is 26.2 Å². The fraction of sp³-hybridized carbons (Fsp3) is 0.333. The molecule has 3 nitrogen and oxygen atoms in total. The lowest BCUT2D eigenvalue weighted by molar-refractivity contribution is 0.296. The minimum atomic E-state index is 0.603. The lowest BCUT2D eigenvalue weighted by Crippen LogP contribution is -2.44. The second-order valence-corrected chi connectivity index (χ2v) is 5.46. The molecule has 0 aromatic heterocycles. The van der Waals surface area contributed by atoms with E-state index in [-0.39, 0.29) is 0 Å². The van der Waals surface area contributed by atoms with Crippen molar-refractivity contribution in [2.24, 2.45) is 0 Å². The van der Waals surface area contributed by atoms with E-state index in [1.807, 2.05) is 36.4 Å². The molecule has 0 unspecified atom stereocenters. The smallest absolute Gasteiger partial charge is 0.143 e. The van der Waals surface area contributed by atoms with Gasteiger partial charge in [-0.1, -0.05) is 36.4 Å². The first-order chi connectivity index (χ1) is 10.3. The zero-order valence-corrected chi connectivity index (χ0v) is 12.5. The summed E-state index contributed by atoms with van der Waals surface area (Å²) in [6.07, 6.45) is 0. The second kappa shape index (κ2) is 6.64. The van der Waals surface area contributed by atoms with Gasteiger partial charge in [0.2, 0.25) is 0 Å². The van der Waals surface area contributed by atoms with Crippen LogP contribution in [0.4, 0.5) is 5.69 Å². The van der Waals surface area contributed by atoms with Gasteiger partial charge in [0.1, 0.15) is 12.4 Å². The summed E-state index contributed by atoms with van der Waals surface area (Å²) in [5.74, 6) is 0.946. The predicted octanol–water partition coefficient (Wildman–Crippen LogP) is 2.82. The Labute approximate surface area is 126 Å². The molecule has 0 atom stereocenters. The van der Waals surface area contributed by atoms with Crippen LogP contribution in [0.2, 0.25) is 0 Å². The highest BCUT2D eigenvalue weighted by atomic mass is 16.5. The van der Waals surface area contributed by atoms with Gasteiger partial charge in [-0.2, -0.15) is 0 Å². The molecule has 0 spiro atoms. The van der Waals surface area contributed by atoms with Crippen molar-refractivity contribution >= 4 is 5.69 Å². The molecule has 109 valence electrons. The Bertz CT molecular complexity index is 562. The fourth-order valence-corrected chi connectivity index (χ4v) is 2.56. The molecule has 2 aromatic carbocycles. The van der Waals surface area contributed by atoms with Crippen molar-refractivity contribution in [3.05, 3.63) is 60.2 Å². The average Bonchev–Trinajstić information content (AvgIpc) is 2.55. The van der Waals surface area contributed by atoms with Gasteiger partial charge in [-0.3, -0.25) is 0 Å². The molecule has 1 heterocycles. The van der Waals surface area contributed by atoms with Gasteiger partial charge in [0.15, 0.2) is 0 Å². The van der Waals surface area contributed by atoms with Crippen LogP contribution in [0, 0.1) is 6.07 Å². The third-order valence-electron chi connectivity index (χ3n) is 3.88. The number of piperazine rings is 1. The monoisotopic (exact) mass is 281 g/mol. The maximum atomic E-state index is 6.03. The number of nitrogens with zero attached hydrogens (tertiary/aromatic N) is 2. The van der Waals surface area contributed by atoms with Crippen LogP contribution in [-0.4, -0.2) is 38.1 Å². The Kier molecular flexibility index (Phi) is 4.41. The second-order valence-electron chi connectivity index (χ2n) is 5.46. The quantitative estimate of drug-likeness (QED) is 0.857. The normalized spacial score (nSPS) is 16.0. The largest absolute Gasteiger partial charge is 0.487 e. The number of hydrogen-bond donors (Lipinski definition) is 0. The summed E-state index contributed by atoms with van der Waals surface area (Å²) in [7, 11) is 2.17. The third-order valence-corrected chi connectivity index (χ3v) is 3.88. The van der Waals surface area contributed by atoms with Gasteiger partial charge in [-0.15, -0.1) is 0 Å². The van der Waals surface area contributed by atoms with Gasteiger partial charge >= 0.3 is 0 Å². The highest BCUT2D eigenvalue weighted by molar-refractivity contribution is 5.58. The SMILES string of the molecule is CN1CCN(c2c[c]ccc2OCc2ccccc2)CC1. The zero-order valence-electron chi connectivity index (χ0n) is 12.5. The minimum Gasteiger partial charge on any atom is -0.487 e. The van der Waals surface area contributed by atoms with E-state index in [4.69, 9.17) is 4.74 Å². The van der Waals surface area contributed by atoms with Crippen molar-refractivity contribution < 1.29 is 4.74 Å². The van der Waals surface area contributed by atoms with Crippen LogP contribution in [0.1, 0.15) is 5.56 Å². The first-order valence-corrected chi connectivity index (χ1v) is 7.43. The predicted molar refractivity (Wildman–Crippen MR) is 85.8 cm³/mol. The first-order valence-electron chi connectivity index (χ1n) is 7.43. The van der Waals surface area contributed by atoms with Crippen molar-refractivity contribution in [3.63, 3.8) is 0 Å². The molecule has 1 aliphatic heterocycles. The summed E-state index contributed by atoms with van der Waals surface area (Å²) < 4.78 is 6.03. The molecule has 0 bridgehead atoms. The molecule has 0 N–H and O–H groups in total. The Hall–Kier alpha value is -2.00. The summed E-state index contributed by atoms with van der Waals surface area (Å²) in [6, 6.07) is 19.4. The van der Waals surface area contributed by atoms with Crippen molar-refractivity contribution in [2.45, 2.75) is 6.61 Å². The Balaban J connectivity index is 1.70. The van der Waals surface area contributed by atoms with Crippen LogP contribution < -0.4 is 9.64 Å². The van der Waals surface area contributed by atoms with E-state index < -0.39 is 0 Å². The highest BCUT2D eigenvalue weighted by Crippen LogP contribution is 2.29. The minimum absolute atomic E-state index is 0.603. The summed E-state index contributed by atoms with van der Waals surface area (Å²) in [4.78, 5) is 4.74. The van der Waals surface area contributed by atoms with Crippen LogP contribution >= 0.6 is 0 Å². The zero-order chi connectivity index (χ0) is 14.5. The van der Waals surface area contributed by atoms with Crippen LogP contribution in [0.25, 0.3) is 0 Å². The number of benzene rings is 2. The summed E-state index contributed by atoms with van der Waals surface area (Å²) in [6.45, 7) is 4.86. The third kappa shape index (κ3) is 3.56. The van der Waals surface area contributed by atoms with Gasteiger partial charge < -0.3 is 14.5 Å². The van der Waals surface area contributed by atoms with E-state index >= 15 is 0 Å². The van der Waals surface area contributed by atoms with E-state index in [0.717, 1.165) is 37.6 Å². The van der Waals surface area contributed by atoms with Crippen LogP contribution in [0.5, 0.6) is 5.75 Å². The first kappa shape index (κ1) is 14.0. The van der Waals surface area contributed by atoms with E-state index in [9.17, 15) is 0 Å².